The normalized spacial score (nSPS) is 16.8. The van der Waals surface area contributed by atoms with Crippen LogP contribution in [-0.2, 0) is 25.6 Å². The predicted octanol–water partition coefficient (Wildman–Crippen LogP) is 4.87. The molecule has 1 aliphatic heterocycles. The Bertz CT molecular complexity index is 1150. The molecule has 2 amide bonds. The average Bonchev–Trinajstić information content (AvgIpc) is 2.94. The summed E-state index contributed by atoms with van der Waals surface area (Å²) in [4.78, 5) is 43.0. The van der Waals surface area contributed by atoms with Crippen LogP contribution in [0.4, 0.5) is 9.59 Å². The van der Waals surface area contributed by atoms with Gasteiger partial charge in [-0.3, -0.25) is 4.90 Å². The van der Waals surface area contributed by atoms with Crippen LogP contribution in [0.5, 0.6) is 5.75 Å². The van der Waals surface area contributed by atoms with E-state index in [1.807, 2.05) is 71.0 Å². The van der Waals surface area contributed by atoms with Gasteiger partial charge in [0.2, 0.25) is 0 Å². The Hall–Kier alpha value is -3.63. The molecule has 0 spiro atoms. The van der Waals surface area contributed by atoms with Gasteiger partial charge in [0.1, 0.15) is 24.0 Å². The van der Waals surface area contributed by atoms with E-state index in [0.29, 0.717) is 45.0 Å². The lowest BCUT2D eigenvalue weighted by molar-refractivity contribution is -0.150. The number of hydrogen-bond donors (Lipinski definition) is 1. The van der Waals surface area contributed by atoms with Gasteiger partial charge in [-0.2, -0.15) is 0 Å². The van der Waals surface area contributed by atoms with Gasteiger partial charge in [0.05, 0.1) is 12.6 Å². The van der Waals surface area contributed by atoms with Gasteiger partial charge in [0.25, 0.3) is 0 Å². The Morgan fingerprint density at radius 3 is 2.21 bits per heavy atom. The smallest absolute Gasteiger partial charge is 0.413 e. The lowest BCUT2D eigenvalue weighted by atomic mass is 9.80. The number of nitrogens with zero attached hydrogens (tertiary/aromatic N) is 2. The van der Waals surface area contributed by atoms with Crippen molar-refractivity contribution in [2.75, 3.05) is 39.9 Å². The summed E-state index contributed by atoms with van der Waals surface area (Å²) in [5, 5.41) is 2.76. The maximum absolute atomic E-state index is 13.4. The number of ether oxygens (including phenoxy) is 4. The molecule has 2 aromatic rings. The molecule has 0 bridgehead atoms. The molecule has 0 unspecified atom stereocenters. The number of esters is 1. The molecule has 2 atom stereocenters. The highest BCUT2D eigenvalue weighted by atomic mass is 16.6. The van der Waals surface area contributed by atoms with Crippen LogP contribution in [0, 0.1) is 5.41 Å². The zero-order chi connectivity index (χ0) is 30.8. The van der Waals surface area contributed by atoms with Crippen molar-refractivity contribution in [2.45, 2.75) is 65.3 Å². The van der Waals surface area contributed by atoms with Crippen LogP contribution in [0.1, 0.15) is 46.6 Å². The summed E-state index contributed by atoms with van der Waals surface area (Å²) >= 11 is 0. The maximum atomic E-state index is 13.4. The maximum Gasteiger partial charge on any atom is 0.413 e. The topological polar surface area (TPSA) is 107 Å². The van der Waals surface area contributed by atoms with Crippen LogP contribution in [0.15, 0.2) is 60.7 Å². The number of rotatable bonds is 11. The number of para-hydroxylation sites is 1. The highest BCUT2D eigenvalue weighted by Gasteiger charge is 2.40. The van der Waals surface area contributed by atoms with Crippen LogP contribution >= 0.6 is 0 Å². The standard InChI is InChI=1S/C32H45N3O7/c1-31(2,3)42-30(38)35-20-19-34(21-25(35)23-39-6)18-17-32(4,5)27(28(36)40-22-24-13-9-7-10-14-24)33-29(37)41-26-15-11-8-12-16-26/h7-16,25,27H,17-23H2,1-6H3,(H,33,37)/t25-,27+/m1/s1. The summed E-state index contributed by atoms with van der Waals surface area (Å²) < 4.78 is 22.1. The van der Waals surface area contributed by atoms with Crippen molar-refractivity contribution in [3.63, 3.8) is 0 Å². The molecule has 3 rings (SSSR count). The molecule has 10 nitrogen and oxygen atoms in total. The molecular formula is C32H45N3O7. The number of carbonyl (C=O) groups excluding carboxylic acids is 3. The van der Waals surface area contributed by atoms with Crippen molar-refractivity contribution >= 4 is 18.2 Å². The van der Waals surface area contributed by atoms with E-state index in [1.54, 1.807) is 36.3 Å². The van der Waals surface area contributed by atoms with E-state index in [4.69, 9.17) is 18.9 Å². The Labute approximate surface area is 249 Å². The summed E-state index contributed by atoms with van der Waals surface area (Å²) in [5.41, 5.74) is -0.432. The molecule has 0 aliphatic carbocycles. The Morgan fingerprint density at radius 1 is 0.952 bits per heavy atom. The number of methoxy groups -OCH3 is 1. The van der Waals surface area contributed by atoms with E-state index in [0.717, 1.165) is 5.56 Å². The highest BCUT2D eigenvalue weighted by molar-refractivity contribution is 5.83. The van der Waals surface area contributed by atoms with Gasteiger partial charge >= 0.3 is 18.2 Å². The second-order valence-electron chi connectivity index (χ2n) is 12.2. The molecule has 0 aromatic heterocycles. The minimum absolute atomic E-state index is 0.0903. The fraction of sp³-hybridized carbons (Fsp3) is 0.531. The van der Waals surface area contributed by atoms with Gasteiger partial charge in [0.15, 0.2) is 0 Å². The van der Waals surface area contributed by atoms with Crippen LogP contribution in [0.25, 0.3) is 0 Å². The minimum Gasteiger partial charge on any atom is -0.459 e. The molecule has 10 heteroatoms. The van der Waals surface area contributed by atoms with E-state index in [9.17, 15) is 14.4 Å². The van der Waals surface area contributed by atoms with Crippen molar-refractivity contribution in [1.29, 1.82) is 0 Å². The van der Waals surface area contributed by atoms with Gasteiger partial charge in [-0.1, -0.05) is 62.4 Å². The van der Waals surface area contributed by atoms with Crippen LogP contribution in [-0.4, -0.2) is 85.5 Å². The molecule has 42 heavy (non-hydrogen) atoms. The second-order valence-corrected chi connectivity index (χ2v) is 12.2. The second kappa shape index (κ2) is 15.0. The van der Waals surface area contributed by atoms with E-state index in [1.165, 1.54) is 0 Å². The fourth-order valence-corrected chi connectivity index (χ4v) is 4.74. The third kappa shape index (κ3) is 10.3. The lowest BCUT2D eigenvalue weighted by Gasteiger charge is -2.42. The van der Waals surface area contributed by atoms with Crippen molar-refractivity contribution in [3.05, 3.63) is 66.2 Å². The zero-order valence-electron chi connectivity index (χ0n) is 25.6. The predicted molar refractivity (Wildman–Crippen MR) is 159 cm³/mol. The van der Waals surface area contributed by atoms with Crippen molar-refractivity contribution in [1.82, 2.24) is 15.1 Å². The Balaban J connectivity index is 1.67. The minimum atomic E-state index is -0.963. The van der Waals surface area contributed by atoms with Crippen LogP contribution < -0.4 is 10.1 Å². The SMILES string of the molecule is COC[C@H]1CN(CCC(C)(C)[C@@H](NC(=O)Oc2ccccc2)C(=O)OCc2ccccc2)CCN1C(=O)OC(C)(C)C. The summed E-state index contributed by atoms with van der Waals surface area (Å²) in [6.45, 7) is 12.2. The van der Waals surface area contributed by atoms with Crippen molar-refractivity contribution in [2.24, 2.45) is 5.41 Å². The van der Waals surface area contributed by atoms with E-state index < -0.39 is 29.1 Å². The molecule has 230 valence electrons. The summed E-state index contributed by atoms with van der Waals surface area (Å²) in [5.74, 6) is -0.169. The van der Waals surface area contributed by atoms with Crippen molar-refractivity contribution in [3.8, 4) is 5.75 Å². The van der Waals surface area contributed by atoms with Gasteiger partial charge in [-0.15, -0.1) is 0 Å². The molecule has 0 radical (unpaired) electrons. The quantitative estimate of drug-likeness (QED) is 0.374. The highest BCUT2D eigenvalue weighted by Crippen LogP contribution is 2.28. The zero-order valence-corrected chi connectivity index (χ0v) is 25.6. The molecule has 1 heterocycles. The van der Waals surface area contributed by atoms with Crippen molar-refractivity contribution < 1.29 is 33.3 Å². The third-order valence-corrected chi connectivity index (χ3v) is 7.08. The molecular weight excluding hydrogens is 538 g/mol. The largest absolute Gasteiger partial charge is 0.459 e. The first-order valence-electron chi connectivity index (χ1n) is 14.3. The van der Waals surface area contributed by atoms with E-state index in [2.05, 4.69) is 10.2 Å². The number of carbonyl (C=O) groups is 3. The van der Waals surface area contributed by atoms with E-state index >= 15 is 0 Å². The number of nitrogens with one attached hydrogen (secondary N) is 1. The number of hydrogen-bond acceptors (Lipinski definition) is 8. The molecule has 0 saturated carbocycles. The van der Waals surface area contributed by atoms with Crippen LogP contribution in [0.2, 0.25) is 0 Å². The molecule has 1 fully saturated rings. The first kappa shape index (κ1) is 32.9. The molecule has 2 aromatic carbocycles. The van der Waals surface area contributed by atoms with Gasteiger partial charge < -0.3 is 29.2 Å². The molecule has 1 saturated heterocycles. The number of amides is 2. The fourth-order valence-electron chi connectivity index (χ4n) is 4.74. The number of benzene rings is 2. The molecule has 1 N–H and O–H groups in total. The van der Waals surface area contributed by atoms with Gasteiger partial charge in [-0.25, -0.2) is 14.4 Å². The lowest BCUT2D eigenvalue weighted by Crippen LogP contribution is -2.58. The number of piperazine rings is 1. The first-order chi connectivity index (χ1) is 19.9. The summed E-state index contributed by atoms with van der Waals surface area (Å²) in [6.07, 6.45) is -0.524. The summed E-state index contributed by atoms with van der Waals surface area (Å²) in [7, 11) is 1.61. The third-order valence-electron chi connectivity index (χ3n) is 7.08. The Morgan fingerprint density at radius 2 is 1.60 bits per heavy atom. The average molecular weight is 584 g/mol. The Kier molecular flexibility index (Phi) is 11.8. The summed E-state index contributed by atoms with van der Waals surface area (Å²) in [6, 6.07) is 16.9. The van der Waals surface area contributed by atoms with Crippen LogP contribution in [0.3, 0.4) is 0 Å². The van der Waals surface area contributed by atoms with Gasteiger partial charge in [0, 0.05) is 26.7 Å². The monoisotopic (exact) mass is 583 g/mol. The van der Waals surface area contributed by atoms with Gasteiger partial charge in [-0.05, 0) is 56.8 Å². The molecule has 1 aliphatic rings. The van der Waals surface area contributed by atoms with E-state index in [-0.39, 0.29) is 18.7 Å². The first-order valence-corrected chi connectivity index (χ1v) is 14.3.